The topological polar surface area (TPSA) is 63.7 Å². The van der Waals surface area contributed by atoms with Crippen molar-refractivity contribution in [2.24, 2.45) is 0 Å². The zero-order chi connectivity index (χ0) is 16.5. The summed E-state index contributed by atoms with van der Waals surface area (Å²) in [6.45, 7) is 0. The summed E-state index contributed by atoms with van der Waals surface area (Å²) in [6.07, 6.45) is 5.01. The van der Waals surface area contributed by atoms with Crippen molar-refractivity contribution in [1.29, 1.82) is 0 Å². The molecule has 118 valence electrons. The Labute approximate surface area is 137 Å². The molecule has 0 bridgehead atoms. The van der Waals surface area contributed by atoms with Crippen LogP contribution in [0.1, 0.15) is 0 Å². The lowest BCUT2D eigenvalue weighted by atomic mass is 10.0. The van der Waals surface area contributed by atoms with Crippen molar-refractivity contribution in [3.05, 3.63) is 60.8 Å². The number of hydrogen-bond acceptors (Lipinski definition) is 4. The minimum atomic E-state index is -0.281. The summed E-state index contributed by atoms with van der Waals surface area (Å²) >= 11 is 0. The van der Waals surface area contributed by atoms with Crippen molar-refractivity contribution in [3.63, 3.8) is 0 Å². The van der Waals surface area contributed by atoms with Crippen LogP contribution in [0.4, 0.5) is 4.39 Å². The number of fused-ring (bicyclic) bond motifs is 1. The van der Waals surface area contributed by atoms with Gasteiger partial charge in [-0.3, -0.25) is 4.98 Å². The number of aromatic nitrogens is 4. The van der Waals surface area contributed by atoms with Gasteiger partial charge >= 0.3 is 0 Å². The number of hydrogen-bond donors (Lipinski definition) is 1. The van der Waals surface area contributed by atoms with E-state index >= 15 is 0 Å². The zero-order valence-electron chi connectivity index (χ0n) is 12.8. The summed E-state index contributed by atoms with van der Waals surface area (Å²) in [6, 6.07) is 10.1. The van der Waals surface area contributed by atoms with Gasteiger partial charge in [-0.25, -0.2) is 9.37 Å². The van der Waals surface area contributed by atoms with Gasteiger partial charge in [0.05, 0.1) is 19.0 Å². The van der Waals surface area contributed by atoms with Crippen molar-refractivity contribution >= 4 is 11.2 Å². The highest BCUT2D eigenvalue weighted by Crippen LogP contribution is 2.37. The molecule has 5 nitrogen and oxygen atoms in total. The number of benzene rings is 1. The summed E-state index contributed by atoms with van der Waals surface area (Å²) in [5, 5.41) is 0. The molecule has 6 heteroatoms. The Morgan fingerprint density at radius 1 is 1.00 bits per heavy atom. The highest BCUT2D eigenvalue weighted by molar-refractivity contribution is 6.00. The number of methoxy groups -OCH3 is 1. The minimum absolute atomic E-state index is 0.281. The summed E-state index contributed by atoms with van der Waals surface area (Å²) in [7, 11) is 1.55. The Bertz CT molecular complexity index is 997. The molecule has 0 aliphatic heterocycles. The molecule has 3 heterocycles. The van der Waals surface area contributed by atoms with Gasteiger partial charge in [-0.1, -0.05) is 12.1 Å². The molecule has 4 aromatic rings. The monoisotopic (exact) mass is 320 g/mol. The summed E-state index contributed by atoms with van der Waals surface area (Å²) in [4.78, 5) is 16.2. The number of H-pyrrole nitrogens is 1. The van der Waals surface area contributed by atoms with Gasteiger partial charge < -0.3 is 9.72 Å². The first-order valence-corrected chi connectivity index (χ1v) is 7.35. The normalized spacial score (nSPS) is 10.9. The first-order chi connectivity index (χ1) is 11.8. The fourth-order valence-electron chi connectivity index (χ4n) is 2.67. The van der Waals surface area contributed by atoms with E-state index in [0.29, 0.717) is 17.0 Å². The summed E-state index contributed by atoms with van der Waals surface area (Å²) in [5.41, 5.74) is 4.84. The van der Waals surface area contributed by atoms with Gasteiger partial charge in [0, 0.05) is 23.5 Å². The third kappa shape index (κ3) is 2.38. The molecule has 0 fully saturated rings. The number of nitrogens with zero attached hydrogens (tertiary/aromatic N) is 3. The molecule has 0 saturated carbocycles. The maximum Gasteiger partial charge on any atom is 0.234 e. The molecule has 0 amide bonds. The van der Waals surface area contributed by atoms with Crippen LogP contribution in [0, 0.1) is 5.82 Å². The highest BCUT2D eigenvalue weighted by Gasteiger charge is 2.17. The summed E-state index contributed by atoms with van der Waals surface area (Å²) < 4.78 is 18.4. The van der Waals surface area contributed by atoms with E-state index < -0.39 is 0 Å². The maximum absolute atomic E-state index is 13.3. The minimum Gasteiger partial charge on any atom is -0.480 e. The van der Waals surface area contributed by atoms with Gasteiger partial charge in [-0.2, -0.15) is 4.98 Å². The van der Waals surface area contributed by atoms with Gasteiger partial charge in [-0.05, 0) is 29.8 Å². The number of halogens is 1. The number of aromatic amines is 1. The molecule has 0 unspecified atom stereocenters. The maximum atomic E-state index is 13.3. The van der Waals surface area contributed by atoms with Crippen LogP contribution < -0.4 is 4.74 Å². The van der Waals surface area contributed by atoms with Crippen molar-refractivity contribution < 1.29 is 9.13 Å². The van der Waals surface area contributed by atoms with E-state index in [0.717, 1.165) is 22.4 Å². The van der Waals surface area contributed by atoms with E-state index in [-0.39, 0.29) is 5.82 Å². The molecule has 0 atom stereocenters. The lowest BCUT2D eigenvalue weighted by Gasteiger charge is -2.05. The predicted molar refractivity (Wildman–Crippen MR) is 89.1 cm³/mol. The Balaban J connectivity index is 2.02. The van der Waals surface area contributed by atoms with Crippen LogP contribution in [-0.2, 0) is 0 Å². The second-order valence-corrected chi connectivity index (χ2v) is 5.23. The highest BCUT2D eigenvalue weighted by atomic mass is 19.1. The fraction of sp³-hybridized carbons (Fsp3) is 0.0556. The van der Waals surface area contributed by atoms with E-state index in [4.69, 9.17) is 4.74 Å². The van der Waals surface area contributed by atoms with E-state index in [1.54, 1.807) is 37.8 Å². The molecule has 4 rings (SSSR count). The van der Waals surface area contributed by atoms with Crippen LogP contribution in [0.3, 0.4) is 0 Å². The third-order valence-electron chi connectivity index (χ3n) is 3.79. The number of nitrogens with one attached hydrogen (secondary N) is 1. The van der Waals surface area contributed by atoms with Gasteiger partial charge in [0.2, 0.25) is 5.88 Å². The SMILES string of the molecule is COc1cnc2c(-c3ccc(F)cc3)c(-c3ccncc3)[nH]c2n1. The Morgan fingerprint density at radius 3 is 2.46 bits per heavy atom. The van der Waals surface area contributed by atoms with Gasteiger partial charge in [0.15, 0.2) is 5.65 Å². The molecular weight excluding hydrogens is 307 g/mol. The molecule has 0 spiro atoms. The first-order valence-electron chi connectivity index (χ1n) is 7.35. The standard InChI is InChI=1S/C18H13FN4O/c1-24-14-10-21-17-15(11-2-4-13(19)5-3-11)16(23-18(17)22-14)12-6-8-20-9-7-12/h2-10H,1H3,(H,22,23). The van der Waals surface area contributed by atoms with E-state index in [1.165, 1.54) is 12.1 Å². The van der Waals surface area contributed by atoms with Gasteiger partial charge in [0.25, 0.3) is 0 Å². The summed E-state index contributed by atoms with van der Waals surface area (Å²) in [5.74, 6) is 0.146. The van der Waals surface area contributed by atoms with E-state index in [1.807, 2.05) is 12.1 Å². The second-order valence-electron chi connectivity index (χ2n) is 5.23. The smallest absolute Gasteiger partial charge is 0.234 e. The van der Waals surface area contributed by atoms with Crippen LogP contribution >= 0.6 is 0 Å². The molecule has 24 heavy (non-hydrogen) atoms. The molecule has 0 aliphatic rings. The number of rotatable bonds is 3. The van der Waals surface area contributed by atoms with Crippen molar-refractivity contribution in [1.82, 2.24) is 19.9 Å². The average Bonchev–Trinajstić information content (AvgIpc) is 3.01. The lowest BCUT2D eigenvalue weighted by molar-refractivity contribution is 0.397. The molecule has 1 N–H and O–H groups in total. The molecule has 1 aromatic carbocycles. The van der Waals surface area contributed by atoms with Crippen LogP contribution in [0.5, 0.6) is 5.88 Å². The fourth-order valence-corrected chi connectivity index (χ4v) is 2.67. The quantitative estimate of drug-likeness (QED) is 0.623. The zero-order valence-corrected chi connectivity index (χ0v) is 12.8. The largest absolute Gasteiger partial charge is 0.480 e. The van der Waals surface area contributed by atoms with Crippen LogP contribution in [0.25, 0.3) is 33.5 Å². The van der Waals surface area contributed by atoms with E-state index in [2.05, 4.69) is 19.9 Å². The molecular formula is C18H13FN4O. The van der Waals surface area contributed by atoms with Crippen molar-refractivity contribution in [2.75, 3.05) is 7.11 Å². The van der Waals surface area contributed by atoms with Crippen molar-refractivity contribution in [2.45, 2.75) is 0 Å². The molecule has 0 radical (unpaired) electrons. The van der Waals surface area contributed by atoms with Crippen LogP contribution in [0.2, 0.25) is 0 Å². The number of pyridine rings is 1. The average molecular weight is 320 g/mol. The lowest BCUT2D eigenvalue weighted by Crippen LogP contribution is -1.89. The molecule has 3 aromatic heterocycles. The van der Waals surface area contributed by atoms with Crippen LogP contribution in [-0.4, -0.2) is 27.0 Å². The Morgan fingerprint density at radius 2 is 1.75 bits per heavy atom. The Hall–Kier alpha value is -3.28. The van der Waals surface area contributed by atoms with Gasteiger partial charge in [-0.15, -0.1) is 0 Å². The second kappa shape index (κ2) is 5.73. The third-order valence-corrected chi connectivity index (χ3v) is 3.79. The van der Waals surface area contributed by atoms with Crippen molar-refractivity contribution in [3.8, 4) is 28.3 Å². The first kappa shape index (κ1) is 14.3. The Kier molecular flexibility index (Phi) is 3.42. The van der Waals surface area contributed by atoms with Gasteiger partial charge in [0.1, 0.15) is 11.3 Å². The number of ether oxygens (including phenoxy) is 1. The van der Waals surface area contributed by atoms with Crippen LogP contribution in [0.15, 0.2) is 55.0 Å². The molecule has 0 saturated heterocycles. The predicted octanol–water partition coefficient (Wildman–Crippen LogP) is 3.83. The molecule has 0 aliphatic carbocycles. The van der Waals surface area contributed by atoms with E-state index in [9.17, 15) is 4.39 Å².